The Bertz CT molecular complexity index is 578. The van der Waals surface area contributed by atoms with Crippen LogP contribution in [0.1, 0.15) is 11.1 Å². The van der Waals surface area contributed by atoms with Gasteiger partial charge in [0.15, 0.2) is 0 Å². The summed E-state index contributed by atoms with van der Waals surface area (Å²) in [5, 5.41) is 0. The summed E-state index contributed by atoms with van der Waals surface area (Å²) >= 11 is 3.45. The average molecular weight is 324 g/mol. The molecule has 1 unspecified atom stereocenters. The number of nitrogen functional groups attached to an aromatic ring is 1. The number of aryl methyl sites for hydroxylation is 1. The summed E-state index contributed by atoms with van der Waals surface area (Å²) in [6, 6.07) is 13.4. The van der Waals surface area contributed by atoms with Crippen LogP contribution in [0, 0.1) is 6.92 Å². The highest BCUT2D eigenvalue weighted by Gasteiger charge is 2.10. The van der Waals surface area contributed by atoms with Crippen molar-refractivity contribution in [3.05, 3.63) is 58.1 Å². The van der Waals surface area contributed by atoms with Gasteiger partial charge in [0.2, 0.25) is 0 Å². The number of hydrogen-bond donors (Lipinski definition) is 1. The minimum Gasteiger partial charge on any atom is -0.398 e. The van der Waals surface area contributed by atoms with Crippen LogP contribution in [0.5, 0.6) is 0 Å². The molecule has 2 nitrogen and oxygen atoms in total. The van der Waals surface area contributed by atoms with Gasteiger partial charge in [-0.3, -0.25) is 4.21 Å². The van der Waals surface area contributed by atoms with Gasteiger partial charge in [-0.25, -0.2) is 0 Å². The molecule has 94 valence electrons. The molecule has 0 fully saturated rings. The topological polar surface area (TPSA) is 43.1 Å². The summed E-state index contributed by atoms with van der Waals surface area (Å²) in [6.07, 6.45) is 0. The molecule has 2 N–H and O–H groups in total. The first-order chi connectivity index (χ1) is 8.58. The summed E-state index contributed by atoms with van der Waals surface area (Å²) in [4.78, 5) is 0.838. The Labute approximate surface area is 118 Å². The lowest BCUT2D eigenvalue weighted by Crippen LogP contribution is -2.01. The maximum atomic E-state index is 12.3. The first kappa shape index (κ1) is 13.3. The molecule has 0 bridgehead atoms. The second-order valence-electron chi connectivity index (χ2n) is 4.11. The fourth-order valence-electron chi connectivity index (χ4n) is 1.70. The van der Waals surface area contributed by atoms with E-state index >= 15 is 0 Å². The van der Waals surface area contributed by atoms with Gasteiger partial charge in [0.05, 0.1) is 16.6 Å². The number of hydrogen-bond acceptors (Lipinski definition) is 2. The van der Waals surface area contributed by atoms with Crippen molar-refractivity contribution in [2.24, 2.45) is 0 Å². The predicted octanol–water partition coefficient (Wildman–Crippen LogP) is 3.65. The van der Waals surface area contributed by atoms with E-state index in [1.54, 1.807) is 0 Å². The Morgan fingerprint density at radius 1 is 1.22 bits per heavy atom. The molecular weight excluding hydrogens is 310 g/mol. The van der Waals surface area contributed by atoms with Crippen LogP contribution in [0.15, 0.2) is 51.8 Å². The molecule has 0 aliphatic rings. The van der Waals surface area contributed by atoms with Crippen molar-refractivity contribution in [3.63, 3.8) is 0 Å². The van der Waals surface area contributed by atoms with E-state index in [1.165, 1.54) is 0 Å². The summed E-state index contributed by atoms with van der Waals surface area (Å²) in [7, 11) is -1.08. The number of anilines is 1. The maximum absolute atomic E-state index is 12.3. The summed E-state index contributed by atoms with van der Waals surface area (Å²) < 4.78 is 13.2. The second-order valence-corrected chi connectivity index (χ2v) is 6.42. The number of nitrogens with two attached hydrogens (primary N) is 1. The second kappa shape index (κ2) is 5.67. The summed E-state index contributed by atoms with van der Waals surface area (Å²) in [5.41, 5.74) is 8.60. The van der Waals surface area contributed by atoms with E-state index in [4.69, 9.17) is 5.73 Å². The molecule has 0 saturated heterocycles. The van der Waals surface area contributed by atoms with E-state index in [0.29, 0.717) is 11.4 Å². The highest BCUT2D eigenvalue weighted by molar-refractivity contribution is 9.10. The third kappa shape index (κ3) is 3.00. The minimum absolute atomic E-state index is 0.427. The van der Waals surface area contributed by atoms with Gasteiger partial charge in [-0.15, -0.1) is 0 Å². The third-order valence-electron chi connectivity index (χ3n) is 2.68. The van der Waals surface area contributed by atoms with Crippen LogP contribution in [0.3, 0.4) is 0 Å². The molecule has 2 aromatic rings. The van der Waals surface area contributed by atoms with E-state index in [1.807, 2.05) is 49.4 Å². The van der Waals surface area contributed by atoms with Crippen molar-refractivity contribution < 1.29 is 4.21 Å². The lowest BCUT2D eigenvalue weighted by molar-refractivity contribution is 0.682. The molecule has 0 amide bonds. The quantitative estimate of drug-likeness (QED) is 0.876. The normalized spacial score (nSPS) is 12.3. The molecule has 0 heterocycles. The van der Waals surface area contributed by atoms with E-state index in [9.17, 15) is 4.21 Å². The van der Waals surface area contributed by atoms with Gasteiger partial charge < -0.3 is 5.73 Å². The van der Waals surface area contributed by atoms with Gasteiger partial charge in [-0.1, -0.05) is 34.1 Å². The number of benzene rings is 2. The first-order valence-electron chi connectivity index (χ1n) is 5.56. The zero-order valence-corrected chi connectivity index (χ0v) is 12.4. The maximum Gasteiger partial charge on any atom is 0.0575 e. The van der Waals surface area contributed by atoms with Crippen molar-refractivity contribution in [2.45, 2.75) is 17.6 Å². The fraction of sp³-hybridized carbons (Fsp3) is 0.143. The highest BCUT2D eigenvalue weighted by Crippen LogP contribution is 2.25. The van der Waals surface area contributed by atoms with Gasteiger partial charge in [-0.2, -0.15) is 0 Å². The van der Waals surface area contributed by atoms with E-state index in [-0.39, 0.29) is 0 Å². The molecule has 1 atom stereocenters. The Kier molecular flexibility index (Phi) is 4.19. The highest BCUT2D eigenvalue weighted by atomic mass is 79.9. The van der Waals surface area contributed by atoms with Gasteiger partial charge >= 0.3 is 0 Å². The van der Waals surface area contributed by atoms with Gasteiger partial charge in [0, 0.05) is 20.6 Å². The molecule has 2 rings (SSSR count). The molecule has 0 aromatic heterocycles. The zero-order valence-electron chi connectivity index (χ0n) is 10.0. The molecule has 0 radical (unpaired) electrons. The van der Waals surface area contributed by atoms with Crippen LogP contribution in [0.4, 0.5) is 5.69 Å². The fourth-order valence-corrected chi connectivity index (χ4v) is 3.71. The molecule has 18 heavy (non-hydrogen) atoms. The largest absolute Gasteiger partial charge is 0.398 e. The Morgan fingerprint density at radius 2 is 1.94 bits per heavy atom. The van der Waals surface area contributed by atoms with Crippen molar-refractivity contribution in [2.75, 3.05) is 5.73 Å². The standard InChI is InChI=1S/C14H14BrNOS/c1-10-4-2-5-11(8-10)18(17)9-12-13(15)6-3-7-14(12)16/h2-8H,9,16H2,1H3. The summed E-state index contributed by atoms with van der Waals surface area (Å²) in [5.74, 6) is 0.427. The van der Waals surface area contributed by atoms with Crippen LogP contribution in [-0.2, 0) is 16.6 Å². The Balaban J connectivity index is 2.27. The lowest BCUT2D eigenvalue weighted by Gasteiger charge is -2.08. The predicted molar refractivity (Wildman–Crippen MR) is 79.8 cm³/mol. The zero-order chi connectivity index (χ0) is 13.1. The minimum atomic E-state index is -1.08. The van der Waals surface area contributed by atoms with Gasteiger partial charge in [0.25, 0.3) is 0 Å². The SMILES string of the molecule is Cc1cccc(S(=O)Cc2c(N)cccc2Br)c1. The molecule has 0 saturated carbocycles. The van der Waals surface area contributed by atoms with Crippen LogP contribution in [0.2, 0.25) is 0 Å². The Hall–Kier alpha value is -1.13. The summed E-state index contributed by atoms with van der Waals surface area (Å²) in [6.45, 7) is 1.99. The number of halogens is 1. The number of rotatable bonds is 3. The smallest absolute Gasteiger partial charge is 0.0575 e. The van der Waals surface area contributed by atoms with Gasteiger partial charge in [0.1, 0.15) is 0 Å². The molecule has 4 heteroatoms. The van der Waals surface area contributed by atoms with E-state index in [2.05, 4.69) is 15.9 Å². The molecular formula is C14H14BrNOS. The van der Waals surface area contributed by atoms with E-state index < -0.39 is 10.8 Å². The van der Waals surface area contributed by atoms with Crippen LogP contribution >= 0.6 is 15.9 Å². The van der Waals surface area contributed by atoms with E-state index in [0.717, 1.165) is 20.5 Å². The van der Waals surface area contributed by atoms with Crippen molar-refractivity contribution in [1.82, 2.24) is 0 Å². The van der Waals surface area contributed by atoms with Crippen molar-refractivity contribution >= 4 is 32.4 Å². The monoisotopic (exact) mass is 323 g/mol. The van der Waals surface area contributed by atoms with Crippen molar-refractivity contribution in [3.8, 4) is 0 Å². The molecule has 2 aromatic carbocycles. The van der Waals surface area contributed by atoms with Crippen molar-refractivity contribution in [1.29, 1.82) is 0 Å². The van der Waals surface area contributed by atoms with Crippen LogP contribution in [0.25, 0.3) is 0 Å². The average Bonchev–Trinajstić information content (AvgIpc) is 2.34. The van der Waals surface area contributed by atoms with Crippen LogP contribution < -0.4 is 5.73 Å². The van der Waals surface area contributed by atoms with Gasteiger partial charge in [-0.05, 0) is 36.8 Å². The van der Waals surface area contributed by atoms with Crippen LogP contribution in [-0.4, -0.2) is 4.21 Å². The third-order valence-corrected chi connectivity index (χ3v) is 4.76. The Morgan fingerprint density at radius 3 is 2.61 bits per heavy atom. The molecule has 0 aliphatic heterocycles. The lowest BCUT2D eigenvalue weighted by atomic mass is 10.2. The molecule has 0 spiro atoms. The molecule has 0 aliphatic carbocycles. The first-order valence-corrected chi connectivity index (χ1v) is 7.67.